The highest BCUT2D eigenvalue weighted by Gasteiger charge is 2.10. The van der Waals surface area contributed by atoms with Crippen molar-refractivity contribution in [3.8, 4) is 5.75 Å². The topological polar surface area (TPSA) is 52.4 Å². The zero-order valence-electron chi connectivity index (χ0n) is 9.68. The van der Waals surface area contributed by atoms with Gasteiger partial charge >= 0.3 is 0 Å². The maximum absolute atomic E-state index is 10.7. The molecule has 2 aromatic rings. The molecule has 0 aliphatic rings. The smallest absolute Gasteiger partial charge is 0.269 e. The van der Waals surface area contributed by atoms with Gasteiger partial charge in [0.1, 0.15) is 12.4 Å². The third-order valence-electron chi connectivity index (χ3n) is 2.46. The van der Waals surface area contributed by atoms with Crippen molar-refractivity contribution in [2.45, 2.75) is 6.61 Å². The highest BCUT2D eigenvalue weighted by molar-refractivity contribution is 14.1. The lowest BCUT2D eigenvalue weighted by Gasteiger charge is -2.09. The molecule has 0 amide bonds. The van der Waals surface area contributed by atoms with Crippen LogP contribution in [0.15, 0.2) is 42.5 Å². The molecule has 0 atom stereocenters. The molecule has 4 nitrogen and oxygen atoms in total. The van der Waals surface area contributed by atoms with Gasteiger partial charge in [0.15, 0.2) is 0 Å². The summed E-state index contributed by atoms with van der Waals surface area (Å²) in [6, 6.07) is 11.9. The molecule has 0 spiro atoms. The van der Waals surface area contributed by atoms with Crippen molar-refractivity contribution >= 4 is 39.9 Å². The first kappa shape index (κ1) is 14.1. The Labute approximate surface area is 128 Å². The van der Waals surface area contributed by atoms with Gasteiger partial charge in [-0.1, -0.05) is 23.7 Å². The molecule has 0 fully saturated rings. The fourth-order valence-corrected chi connectivity index (χ4v) is 2.22. The van der Waals surface area contributed by atoms with Crippen LogP contribution in [-0.4, -0.2) is 4.92 Å². The number of para-hydroxylation sites is 1. The molecule has 0 saturated carbocycles. The Morgan fingerprint density at radius 1 is 1.26 bits per heavy atom. The van der Waals surface area contributed by atoms with E-state index in [4.69, 9.17) is 16.3 Å². The number of benzene rings is 2. The summed E-state index contributed by atoms with van der Waals surface area (Å²) < 4.78 is 6.60. The highest BCUT2D eigenvalue weighted by Crippen LogP contribution is 2.25. The highest BCUT2D eigenvalue weighted by atomic mass is 127. The van der Waals surface area contributed by atoms with Crippen LogP contribution in [0, 0.1) is 13.7 Å². The Kier molecular flexibility index (Phi) is 4.60. The number of nitro benzene ring substituents is 1. The molecule has 2 aromatic carbocycles. The Hall–Kier alpha value is -1.34. The molecule has 19 heavy (non-hydrogen) atoms. The fourth-order valence-electron chi connectivity index (χ4n) is 1.50. The van der Waals surface area contributed by atoms with Crippen molar-refractivity contribution < 1.29 is 9.66 Å². The summed E-state index contributed by atoms with van der Waals surface area (Å²) >= 11 is 8.17. The second kappa shape index (κ2) is 6.21. The summed E-state index contributed by atoms with van der Waals surface area (Å²) in [4.78, 5) is 10.3. The van der Waals surface area contributed by atoms with Crippen LogP contribution in [0.1, 0.15) is 5.56 Å². The van der Waals surface area contributed by atoms with Crippen LogP contribution < -0.4 is 4.74 Å². The molecule has 0 bridgehead atoms. The van der Waals surface area contributed by atoms with E-state index in [1.807, 2.05) is 24.3 Å². The standard InChI is InChI=1S/C13H9ClINO3/c14-11-6-5-10(16(17)18)7-9(11)8-19-13-4-2-1-3-12(13)15/h1-7H,8H2. The normalized spacial score (nSPS) is 10.2. The lowest BCUT2D eigenvalue weighted by atomic mass is 10.2. The first-order chi connectivity index (χ1) is 9.08. The molecular formula is C13H9ClINO3. The minimum atomic E-state index is -0.452. The predicted molar refractivity (Wildman–Crippen MR) is 81.6 cm³/mol. The number of non-ortho nitro benzene ring substituents is 1. The van der Waals surface area contributed by atoms with Crippen LogP contribution >= 0.6 is 34.2 Å². The summed E-state index contributed by atoms with van der Waals surface area (Å²) in [6.07, 6.45) is 0. The summed E-state index contributed by atoms with van der Waals surface area (Å²) in [5.74, 6) is 0.727. The fraction of sp³-hybridized carbons (Fsp3) is 0.0769. The van der Waals surface area contributed by atoms with Crippen molar-refractivity contribution in [1.29, 1.82) is 0 Å². The molecule has 0 heterocycles. The van der Waals surface area contributed by atoms with Crippen molar-refractivity contribution in [2.75, 3.05) is 0 Å². The molecule has 0 N–H and O–H groups in total. The van der Waals surface area contributed by atoms with Gasteiger partial charge in [0.25, 0.3) is 5.69 Å². The minimum Gasteiger partial charge on any atom is -0.488 e. The second-order valence-electron chi connectivity index (χ2n) is 3.75. The van der Waals surface area contributed by atoms with Gasteiger partial charge in [-0.2, -0.15) is 0 Å². The second-order valence-corrected chi connectivity index (χ2v) is 5.32. The number of hydrogen-bond acceptors (Lipinski definition) is 3. The maximum Gasteiger partial charge on any atom is 0.269 e. The van der Waals surface area contributed by atoms with Crippen LogP contribution in [0.5, 0.6) is 5.75 Å². The number of rotatable bonds is 4. The van der Waals surface area contributed by atoms with Crippen LogP contribution in [-0.2, 0) is 6.61 Å². The molecule has 0 aromatic heterocycles. The third kappa shape index (κ3) is 3.57. The number of nitrogens with zero attached hydrogens (tertiary/aromatic N) is 1. The maximum atomic E-state index is 10.7. The SMILES string of the molecule is O=[N+]([O-])c1ccc(Cl)c(COc2ccccc2I)c1. The average Bonchev–Trinajstić information content (AvgIpc) is 2.39. The zero-order chi connectivity index (χ0) is 13.8. The summed E-state index contributed by atoms with van der Waals surface area (Å²) in [5.41, 5.74) is 0.598. The Morgan fingerprint density at radius 3 is 2.68 bits per heavy atom. The third-order valence-corrected chi connectivity index (χ3v) is 3.72. The van der Waals surface area contributed by atoms with Crippen molar-refractivity contribution in [3.05, 3.63) is 66.7 Å². The van der Waals surface area contributed by atoms with E-state index >= 15 is 0 Å². The Morgan fingerprint density at radius 2 is 2.00 bits per heavy atom. The van der Waals surface area contributed by atoms with E-state index in [-0.39, 0.29) is 12.3 Å². The Balaban J connectivity index is 2.17. The van der Waals surface area contributed by atoms with E-state index in [0.29, 0.717) is 10.6 Å². The molecule has 0 aliphatic heterocycles. The number of ether oxygens (including phenoxy) is 1. The molecule has 0 saturated heterocycles. The van der Waals surface area contributed by atoms with Gasteiger partial charge in [0.05, 0.1) is 8.49 Å². The largest absolute Gasteiger partial charge is 0.488 e. The molecule has 2 rings (SSSR count). The summed E-state index contributed by atoms with van der Waals surface area (Å²) in [6.45, 7) is 0.195. The molecule has 0 radical (unpaired) electrons. The first-order valence-electron chi connectivity index (χ1n) is 5.38. The molecular weight excluding hydrogens is 381 g/mol. The van der Waals surface area contributed by atoms with Gasteiger partial charge in [-0.3, -0.25) is 10.1 Å². The van der Waals surface area contributed by atoms with Crippen LogP contribution in [0.3, 0.4) is 0 Å². The Bertz CT molecular complexity index is 619. The molecule has 0 aliphatic carbocycles. The molecule has 0 unspecified atom stereocenters. The molecule has 98 valence electrons. The van der Waals surface area contributed by atoms with Gasteiger partial charge in [-0.25, -0.2) is 0 Å². The number of nitro groups is 1. The summed E-state index contributed by atoms with van der Waals surface area (Å²) in [5, 5.41) is 11.2. The van der Waals surface area contributed by atoms with Crippen LogP contribution in [0.4, 0.5) is 5.69 Å². The lowest BCUT2D eigenvalue weighted by molar-refractivity contribution is -0.384. The van der Waals surface area contributed by atoms with E-state index in [2.05, 4.69) is 22.6 Å². The van der Waals surface area contributed by atoms with E-state index in [1.165, 1.54) is 18.2 Å². The van der Waals surface area contributed by atoms with E-state index in [1.54, 1.807) is 0 Å². The zero-order valence-corrected chi connectivity index (χ0v) is 12.6. The van der Waals surface area contributed by atoms with E-state index in [0.717, 1.165) is 9.32 Å². The monoisotopic (exact) mass is 389 g/mol. The number of hydrogen-bond donors (Lipinski definition) is 0. The van der Waals surface area contributed by atoms with Crippen molar-refractivity contribution in [2.24, 2.45) is 0 Å². The van der Waals surface area contributed by atoms with Gasteiger partial charge < -0.3 is 4.74 Å². The quantitative estimate of drug-likeness (QED) is 0.441. The van der Waals surface area contributed by atoms with E-state index < -0.39 is 4.92 Å². The predicted octanol–water partition coefficient (Wildman–Crippen LogP) is 4.43. The molecule has 6 heteroatoms. The van der Waals surface area contributed by atoms with Crippen LogP contribution in [0.25, 0.3) is 0 Å². The van der Waals surface area contributed by atoms with E-state index in [9.17, 15) is 10.1 Å². The van der Waals surface area contributed by atoms with Crippen molar-refractivity contribution in [3.63, 3.8) is 0 Å². The van der Waals surface area contributed by atoms with Gasteiger partial charge in [-0.15, -0.1) is 0 Å². The summed E-state index contributed by atoms with van der Waals surface area (Å²) in [7, 11) is 0. The van der Waals surface area contributed by atoms with Gasteiger partial charge in [-0.05, 0) is 40.8 Å². The first-order valence-corrected chi connectivity index (χ1v) is 6.84. The average molecular weight is 390 g/mol. The van der Waals surface area contributed by atoms with Gasteiger partial charge in [0.2, 0.25) is 0 Å². The minimum absolute atomic E-state index is 0.00533. The van der Waals surface area contributed by atoms with Crippen molar-refractivity contribution in [1.82, 2.24) is 0 Å². The number of halogens is 2. The lowest BCUT2D eigenvalue weighted by Crippen LogP contribution is -1.99. The van der Waals surface area contributed by atoms with Gasteiger partial charge in [0, 0.05) is 22.7 Å². The van der Waals surface area contributed by atoms with Crippen LogP contribution in [0.2, 0.25) is 5.02 Å².